The third-order valence-electron chi connectivity index (χ3n) is 3.41. The molecular formula is C13H17NO2. The highest BCUT2D eigenvalue weighted by atomic mass is 16.3. The molecule has 3 heteroatoms. The van der Waals surface area contributed by atoms with E-state index < -0.39 is 0 Å². The Hall–Kier alpha value is -1.51. The van der Waals surface area contributed by atoms with Crippen molar-refractivity contribution in [1.82, 2.24) is 0 Å². The summed E-state index contributed by atoms with van der Waals surface area (Å²) in [5, 5.41) is 26.7. The van der Waals surface area contributed by atoms with Gasteiger partial charge in [-0.3, -0.25) is 0 Å². The lowest BCUT2D eigenvalue weighted by atomic mass is 9.83. The second-order valence-corrected chi connectivity index (χ2v) is 4.42. The van der Waals surface area contributed by atoms with Crippen LogP contribution in [0.5, 0.6) is 11.5 Å². The van der Waals surface area contributed by atoms with Crippen LogP contribution in [0.2, 0.25) is 0 Å². The fourth-order valence-electron chi connectivity index (χ4n) is 2.50. The van der Waals surface area contributed by atoms with Gasteiger partial charge in [0.15, 0.2) is 0 Å². The van der Waals surface area contributed by atoms with Crippen molar-refractivity contribution in [1.29, 1.82) is 5.41 Å². The zero-order valence-corrected chi connectivity index (χ0v) is 9.24. The van der Waals surface area contributed by atoms with Gasteiger partial charge in [-0.1, -0.05) is 25.3 Å². The van der Waals surface area contributed by atoms with E-state index in [9.17, 15) is 10.2 Å². The average molecular weight is 219 g/mol. The van der Waals surface area contributed by atoms with Gasteiger partial charge in [0.25, 0.3) is 0 Å². The number of aromatic hydroxyl groups is 2. The molecule has 0 atom stereocenters. The van der Waals surface area contributed by atoms with E-state index in [1.165, 1.54) is 19.3 Å². The highest BCUT2D eigenvalue weighted by molar-refractivity contribution is 5.85. The minimum Gasteiger partial charge on any atom is -0.507 e. The lowest BCUT2D eigenvalue weighted by molar-refractivity contribution is 0.408. The van der Waals surface area contributed by atoms with Crippen molar-refractivity contribution in [3.8, 4) is 11.5 Å². The van der Waals surface area contributed by atoms with Crippen molar-refractivity contribution in [3.05, 3.63) is 23.3 Å². The maximum absolute atomic E-state index is 10.0. The summed E-state index contributed by atoms with van der Waals surface area (Å²) in [6.07, 6.45) is 6.87. The molecule has 0 spiro atoms. The van der Waals surface area contributed by atoms with Crippen molar-refractivity contribution < 1.29 is 10.2 Å². The zero-order valence-electron chi connectivity index (χ0n) is 9.24. The summed E-state index contributed by atoms with van der Waals surface area (Å²) < 4.78 is 0. The van der Waals surface area contributed by atoms with Gasteiger partial charge < -0.3 is 15.6 Å². The molecule has 1 aliphatic carbocycles. The smallest absolute Gasteiger partial charge is 0.131 e. The first-order valence-electron chi connectivity index (χ1n) is 5.79. The maximum Gasteiger partial charge on any atom is 0.131 e. The fraction of sp³-hybridized carbons (Fsp3) is 0.462. The van der Waals surface area contributed by atoms with Gasteiger partial charge in [-0.2, -0.15) is 0 Å². The van der Waals surface area contributed by atoms with Crippen LogP contribution in [0.3, 0.4) is 0 Å². The summed E-state index contributed by atoms with van der Waals surface area (Å²) in [5.41, 5.74) is 1.12. The highest BCUT2D eigenvalue weighted by Gasteiger charge is 2.20. The molecular weight excluding hydrogens is 202 g/mol. The number of phenolic OH excluding ortho intramolecular Hbond substituents is 2. The summed E-state index contributed by atoms with van der Waals surface area (Å²) in [4.78, 5) is 0. The molecule has 16 heavy (non-hydrogen) atoms. The Morgan fingerprint density at radius 3 is 2.44 bits per heavy atom. The lowest BCUT2D eigenvalue weighted by Crippen LogP contribution is -2.05. The Kier molecular flexibility index (Phi) is 3.13. The Morgan fingerprint density at radius 2 is 1.81 bits per heavy atom. The van der Waals surface area contributed by atoms with Crippen molar-refractivity contribution >= 4 is 6.21 Å². The van der Waals surface area contributed by atoms with E-state index in [2.05, 4.69) is 0 Å². The molecule has 86 valence electrons. The molecule has 2 rings (SSSR count). The predicted octanol–water partition coefficient (Wildman–Crippen LogP) is 3.14. The second kappa shape index (κ2) is 4.56. The molecule has 1 aromatic rings. The van der Waals surface area contributed by atoms with E-state index in [4.69, 9.17) is 5.41 Å². The van der Waals surface area contributed by atoms with Crippen LogP contribution in [0.4, 0.5) is 0 Å². The van der Waals surface area contributed by atoms with Crippen molar-refractivity contribution in [2.75, 3.05) is 0 Å². The molecule has 0 saturated heterocycles. The molecule has 1 aliphatic rings. The first-order valence-corrected chi connectivity index (χ1v) is 5.79. The van der Waals surface area contributed by atoms with Gasteiger partial charge >= 0.3 is 0 Å². The van der Waals surface area contributed by atoms with Crippen LogP contribution in [-0.4, -0.2) is 16.4 Å². The molecule has 0 bridgehead atoms. The molecule has 0 aromatic heterocycles. The van der Waals surface area contributed by atoms with Crippen LogP contribution < -0.4 is 0 Å². The average Bonchev–Trinajstić information content (AvgIpc) is 2.31. The predicted molar refractivity (Wildman–Crippen MR) is 63.5 cm³/mol. The molecule has 0 unspecified atom stereocenters. The molecule has 1 saturated carbocycles. The summed E-state index contributed by atoms with van der Waals surface area (Å²) >= 11 is 0. The van der Waals surface area contributed by atoms with Gasteiger partial charge in [-0.25, -0.2) is 0 Å². The highest BCUT2D eigenvalue weighted by Crippen LogP contribution is 2.40. The topological polar surface area (TPSA) is 64.3 Å². The Morgan fingerprint density at radius 1 is 1.12 bits per heavy atom. The van der Waals surface area contributed by atoms with E-state index in [1.807, 2.05) is 0 Å². The summed E-state index contributed by atoms with van der Waals surface area (Å²) in [6.45, 7) is 0. The van der Waals surface area contributed by atoms with Crippen molar-refractivity contribution in [3.63, 3.8) is 0 Å². The molecule has 3 N–H and O–H groups in total. The van der Waals surface area contributed by atoms with E-state index >= 15 is 0 Å². The third-order valence-corrected chi connectivity index (χ3v) is 3.41. The van der Waals surface area contributed by atoms with E-state index in [-0.39, 0.29) is 17.1 Å². The minimum absolute atomic E-state index is 0.0212. The number of phenols is 2. The van der Waals surface area contributed by atoms with E-state index in [0.29, 0.717) is 5.92 Å². The van der Waals surface area contributed by atoms with E-state index in [1.54, 1.807) is 12.1 Å². The Labute approximate surface area is 95.3 Å². The van der Waals surface area contributed by atoms with Crippen LogP contribution in [-0.2, 0) is 0 Å². The van der Waals surface area contributed by atoms with Crippen LogP contribution >= 0.6 is 0 Å². The normalized spacial score (nSPS) is 17.2. The monoisotopic (exact) mass is 219 g/mol. The first-order chi connectivity index (χ1) is 7.74. The summed E-state index contributed by atoms with van der Waals surface area (Å²) in [6, 6.07) is 3.36. The van der Waals surface area contributed by atoms with Crippen LogP contribution in [0.25, 0.3) is 0 Å². The largest absolute Gasteiger partial charge is 0.507 e. The summed E-state index contributed by atoms with van der Waals surface area (Å²) in [5.74, 6) is 0.446. The SMILES string of the molecule is N=Cc1c(O)ccc(C2CCCCC2)c1O. The molecule has 3 nitrogen and oxygen atoms in total. The number of benzene rings is 1. The quantitative estimate of drug-likeness (QED) is 0.669. The molecule has 0 aliphatic heterocycles. The van der Waals surface area contributed by atoms with Gasteiger partial charge in [-0.15, -0.1) is 0 Å². The molecule has 0 radical (unpaired) electrons. The van der Waals surface area contributed by atoms with Gasteiger partial charge in [0.1, 0.15) is 11.5 Å². The number of nitrogens with one attached hydrogen (secondary N) is 1. The minimum atomic E-state index is -0.0212. The first kappa shape index (κ1) is 11.0. The maximum atomic E-state index is 10.0. The number of hydrogen-bond acceptors (Lipinski definition) is 3. The Balaban J connectivity index is 2.37. The Bertz CT molecular complexity index is 395. The van der Waals surface area contributed by atoms with E-state index in [0.717, 1.165) is 24.6 Å². The summed E-state index contributed by atoms with van der Waals surface area (Å²) in [7, 11) is 0. The standard InChI is InChI=1S/C13H17NO2/c14-8-11-12(15)7-6-10(13(11)16)9-4-2-1-3-5-9/h6-9,14-16H,1-5H2. The lowest BCUT2D eigenvalue weighted by Gasteiger charge is -2.23. The van der Waals surface area contributed by atoms with Crippen LogP contribution in [0.1, 0.15) is 49.1 Å². The molecule has 1 aromatic carbocycles. The zero-order chi connectivity index (χ0) is 11.5. The molecule has 1 fully saturated rings. The van der Waals surface area contributed by atoms with Crippen LogP contribution in [0.15, 0.2) is 12.1 Å². The number of rotatable bonds is 2. The van der Waals surface area contributed by atoms with Crippen molar-refractivity contribution in [2.45, 2.75) is 38.0 Å². The third kappa shape index (κ3) is 1.90. The second-order valence-electron chi connectivity index (χ2n) is 4.42. The van der Waals surface area contributed by atoms with Gasteiger partial charge in [0.2, 0.25) is 0 Å². The van der Waals surface area contributed by atoms with Gasteiger partial charge in [-0.05, 0) is 30.4 Å². The fourth-order valence-corrected chi connectivity index (χ4v) is 2.50. The molecule has 0 amide bonds. The number of hydrogen-bond donors (Lipinski definition) is 3. The van der Waals surface area contributed by atoms with Gasteiger partial charge in [0, 0.05) is 6.21 Å². The van der Waals surface area contributed by atoms with Crippen molar-refractivity contribution in [2.24, 2.45) is 0 Å². The molecule has 0 heterocycles. The van der Waals surface area contributed by atoms with Crippen LogP contribution in [0, 0.1) is 5.41 Å². The van der Waals surface area contributed by atoms with Gasteiger partial charge in [0.05, 0.1) is 5.56 Å².